The number of ether oxygens (including phenoxy) is 3. The Kier molecular flexibility index (Phi) is 19.3. The molecule has 0 spiro atoms. The zero-order chi connectivity index (χ0) is 85.9. The first-order chi connectivity index (χ1) is 61.8. The minimum Gasteiger partial charge on any atom is -0.507 e. The van der Waals surface area contributed by atoms with Crippen LogP contribution in [0, 0.1) is 17.0 Å². The van der Waals surface area contributed by atoms with Gasteiger partial charge in [-0.1, -0.05) is 240 Å². The number of para-hydroxylation sites is 4. The van der Waals surface area contributed by atoms with Crippen LogP contribution in [0.2, 0.25) is 0 Å². The van der Waals surface area contributed by atoms with Crippen LogP contribution in [0.5, 0.6) is 23.0 Å². The normalized spacial score (nSPS) is 12.0. The van der Waals surface area contributed by atoms with Crippen molar-refractivity contribution in [3.05, 3.63) is 358 Å². The number of nitro benzene ring substituents is 1. The molecule has 24 aromatic rings. The first-order valence-electron chi connectivity index (χ1n) is 43.1. The number of nitrogens with two attached hydrogens (primary N) is 1. The van der Waals surface area contributed by atoms with Crippen LogP contribution in [-0.4, -0.2) is 68.9 Å². The van der Waals surface area contributed by atoms with E-state index in [4.69, 9.17) is 34.9 Å². The molecule has 16 aromatic carbocycles. The fraction of sp³-hybridized carbons (Fsp3) is 0.127. The predicted octanol–water partition coefficient (Wildman–Crippen LogP) is 26.2. The minimum absolute atomic E-state index is 0.169. The summed E-state index contributed by atoms with van der Waals surface area (Å²) in [5, 5.41) is 36.0. The summed E-state index contributed by atoms with van der Waals surface area (Å²) in [5.74, 6) is 7.28. The number of aryl methyl sites for hydroxylation is 5. The topological polar surface area (TPSA) is 186 Å². The average molecular weight is 1650 g/mol. The molecule has 2 aliphatic carbocycles. The van der Waals surface area contributed by atoms with Gasteiger partial charge in [0.2, 0.25) is 0 Å². The number of nitrogens with zero attached hydrogens (tertiary/aromatic N) is 9. The van der Waals surface area contributed by atoms with Gasteiger partial charge in [-0.05, 0) is 163 Å². The van der Waals surface area contributed by atoms with Crippen LogP contribution in [0.4, 0.5) is 11.4 Å². The second-order valence-corrected chi connectivity index (χ2v) is 32.2. The van der Waals surface area contributed by atoms with Crippen molar-refractivity contribution in [2.75, 3.05) is 27.1 Å². The molecule has 0 bridgehead atoms. The van der Waals surface area contributed by atoms with E-state index in [1.165, 1.54) is 138 Å². The Bertz CT molecular complexity index is 8170. The average Bonchev–Trinajstić information content (AvgIpc) is 1.52. The third-order valence-corrected chi connectivity index (χ3v) is 25.6. The molecule has 26 rings (SSSR count). The third kappa shape index (κ3) is 12.2. The first-order valence-corrected chi connectivity index (χ1v) is 43.1. The van der Waals surface area contributed by atoms with Crippen molar-refractivity contribution < 1.29 is 24.2 Å². The lowest BCUT2D eigenvalue weighted by Gasteiger charge is -2.18. The molecule has 0 fully saturated rings. The summed E-state index contributed by atoms with van der Waals surface area (Å²) < 4.78 is 25.4. The largest absolute Gasteiger partial charge is 0.507 e. The highest BCUT2D eigenvalue weighted by Gasteiger charge is 2.31. The quantitative estimate of drug-likeness (QED) is 0.0574. The summed E-state index contributed by atoms with van der Waals surface area (Å²) in [6.45, 7) is 10.8. The molecule has 0 radical (unpaired) electrons. The number of benzene rings is 16. The van der Waals surface area contributed by atoms with Crippen molar-refractivity contribution in [3.8, 4) is 67.5 Å². The molecule has 8 heterocycles. The van der Waals surface area contributed by atoms with Gasteiger partial charge in [0.1, 0.15) is 46.3 Å². The Balaban J connectivity index is 0.0000000954. The molecule has 126 heavy (non-hydrogen) atoms. The molecule has 0 aliphatic heterocycles. The number of phenols is 1. The van der Waals surface area contributed by atoms with Crippen molar-refractivity contribution in [2.45, 2.75) is 73.1 Å². The van der Waals surface area contributed by atoms with Gasteiger partial charge in [-0.3, -0.25) is 27.7 Å². The van der Waals surface area contributed by atoms with Crippen molar-refractivity contribution >= 4 is 142 Å². The zero-order valence-corrected chi connectivity index (χ0v) is 71.1. The maximum Gasteiger partial charge on any atom is 0.273 e. The van der Waals surface area contributed by atoms with Crippen LogP contribution in [0.25, 0.3) is 175 Å². The van der Waals surface area contributed by atoms with Crippen LogP contribution >= 0.6 is 0 Å². The minimum atomic E-state index is -0.329. The smallest absolute Gasteiger partial charge is 0.273 e. The van der Waals surface area contributed by atoms with E-state index in [-0.39, 0.29) is 10.6 Å². The number of aromatic nitrogens is 8. The van der Waals surface area contributed by atoms with Gasteiger partial charge < -0.3 is 25.1 Å². The van der Waals surface area contributed by atoms with Crippen LogP contribution < -0.4 is 19.9 Å². The maximum atomic E-state index is 11.1. The van der Waals surface area contributed by atoms with Gasteiger partial charge in [0.25, 0.3) is 5.69 Å². The van der Waals surface area contributed by atoms with E-state index in [1.54, 1.807) is 33.5 Å². The van der Waals surface area contributed by atoms with Gasteiger partial charge in [0.15, 0.2) is 0 Å². The molecular weight excluding hydrogens is 1560 g/mol. The number of fused-ring (bicyclic) bond motifs is 20. The van der Waals surface area contributed by atoms with E-state index in [1.807, 2.05) is 66.7 Å². The summed E-state index contributed by atoms with van der Waals surface area (Å²) in [5.41, 5.74) is 35.9. The Morgan fingerprint density at radius 3 is 1.19 bits per heavy atom. The van der Waals surface area contributed by atoms with Gasteiger partial charge in [0, 0.05) is 99.3 Å². The van der Waals surface area contributed by atoms with Crippen LogP contribution in [0.1, 0.15) is 78.8 Å². The highest BCUT2D eigenvalue weighted by Crippen LogP contribution is 2.51. The van der Waals surface area contributed by atoms with Crippen LogP contribution in [0.3, 0.4) is 0 Å². The summed E-state index contributed by atoms with van der Waals surface area (Å²) in [6.07, 6.45) is 5.17. The molecule has 0 amide bonds. The summed E-state index contributed by atoms with van der Waals surface area (Å²) in [7, 11) is 5.01. The Morgan fingerprint density at radius 2 is 0.706 bits per heavy atom. The second-order valence-electron chi connectivity index (χ2n) is 32.2. The van der Waals surface area contributed by atoms with Gasteiger partial charge >= 0.3 is 0 Å². The molecular formula is C110H88N10O6. The zero-order valence-electron chi connectivity index (χ0n) is 71.1. The number of hydrogen-bond donors (Lipinski definition) is 2. The molecule has 8 aromatic heterocycles. The van der Waals surface area contributed by atoms with Crippen LogP contribution in [-0.2, 0) is 38.5 Å². The number of hydrogen-bond acceptors (Lipinski definition) is 11. The molecule has 614 valence electrons. The fourth-order valence-electron chi connectivity index (χ4n) is 20.2. The first kappa shape index (κ1) is 77.6. The van der Waals surface area contributed by atoms with Gasteiger partial charge in [-0.2, -0.15) is 0 Å². The number of aromatic hydroxyl groups is 1. The summed E-state index contributed by atoms with van der Waals surface area (Å²) in [4.78, 5) is 29.9. The number of phenolic OH excluding ortho intramolecular Hbond substituents is 1. The maximum absolute atomic E-state index is 11.1. The number of anilines is 1. The van der Waals surface area contributed by atoms with Crippen molar-refractivity contribution in [3.63, 3.8) is 0 Å². The lowest BCUT2D eigenvalue weighted by molar-refractivity contribution is -0.385. The van der Waals surface area contributed by atoms with Crippen molar-refractivity contribution in [1.29, 1.82) is 0 Å². The summed E-state index contributed by atoms with van der Waals surface area (Å²) >= 11 is 0. The number of imidazole rings is 4. The van der Waals surface area contributed by atoms with Gasteiger partial charge in [-0.25, -0.2) is 19.9 Å². The lowest BCUT2D eigenvalue weighted by atomic mass is 9.85. The van der Waals surface area contributed by atoms with E-state index in [9.17, 15) is 15.2 Å². The number of rotatable bonds is 10. The molecule has 0 saturated heterocycles. The van der Waals surface area contributed by atoms with Gasteiger partial charge in [-0.15, -0.1) is 0 Å². The van der Waals surface area contributed by atoms with E-state index in [0.29, 0.717) is 17.9 Å². The second kappa shape index (κ2) is 31.3. The molecule has 16 nitrogen and oxygen atoms in total. The molecule has 2 aliphatic rings. The standard InChI is InChI=1S/C35H24N2.C16H14N2O.C16H14N2.C15H12N2O.C14H11NO3.C14H13NO/c1-2-31-36-29-21-20-28(34-27-18-10-11-19-30(27)37(31)35(29)34)33-25-16-8-6-14-23(25)32(22-12-4-3-5-13-22)24-15-7-9-17-26(24)33;1-3-14-17-11-8-9-13(19-2)15-10-6-4-5-7-12(10)18(14)16(11)15;1-3-14-17-12-9-8-10(2)15-11-6-4-5-7-13(11)18(14)16(12)15;1-2-13-16-10-7-8-12(18)14-9-5-3-4-6-11(9)17(13)15(10)14;1-18-13-7-6-12(15(16)17)11-8-9-4-2-3-5-10(9)14(11)13;1-16-13-7-6-12(15)11-8-9-4-2-3-5-10(9)14(11)13/h3-21H,2H2,1H3;4-9H,3H2,1-2H3;4-9H,3H2,1-2H3;3-8,18H,2H2,1H3;2-7H,8H2,1H3;2-7H,8,15H2,1H3. The number of nitrogen functional groups attached to an aromatic ring is 1. The Morgan fingerprint density at radius 1 is 0.349 bits per heavy atom. The van der Waals surface area contributed by atoms with Crippen molar-refractivity contribution in [1.82, 2.24) is 37.5 Å². The Labute approximate surface area is 725 Å². The summed E-state index contributed by atoms with van der Waals surface area (Å²) in [6, 6.07) is 102. The third-order valence-electron chi connectivity index (χ3n) is 25.6. The molecule has 16 heteroatoms. The van der Waals surface area contributed by atoms with E-state index in [0.717, 1.165) is 144 Å². The van der Waals surface area contributed by atoms with Gasteiger partial charge in [0.05, 0.1) is 103 Å². The van der Waals surface area contributed by atoms with Crippen LogP contribution in [0.15, 0.2) is 297 Å². The predicted molar refractivity (Wildman–Crippen MR) is 515 cm³/mol. The SMILES string of the molecule is CCc1nc2ccc(-c3c4ccccc4c(-c4ccccc4)c4ccccc34)c3c4ccccc4n1c23.CCc1nc2ccc(C)c3c4ccccc4n1c23.CCc1nc2ccc(O)c3c4ccccc4n1c23.CCc1nc2ccc(OC)c3c4ccccc4n1c23.COc1ccc(N)c2c1-c1ccccc1C2.COc1ccc([N+](=O)[O-])c2c1-c1ccccc1C2. The number of methoxy groups -OCH3 is 3. The highest BCUT2D eigenvalue weighted by atomic mass is 16.6. The number of nitro groups is 1. The van der Waals surface area contributed by atoms with E-state index < -0.39 is 0 Å². The van der Waals surface area contributed by atoms with E-state index in [2.05, 4.69) is 270 Å². The molecule has 0 atom stereocenters. The van der Waals surface area contributed by atoms with Crippen molar-refractivity contribution in [2.24, 2.45) is 0 Å². The lowest BCUT2D eigenvalue weighted by Crippen LogP contribution is -1.96. The monoisotopic (exact) mass is 1640 g/mol. The molecule has 0 unspecified atom stereocenters. The Hall–Kier alpha value is -15.7. The van der Waals surface area contributed by atoms with E-state index >= 15 is 0 Å². The highest BCUT2D eigenvalue weighted by molar-refractivity contribution is 6.28. The molecule has 0 saturated carbocycles. The molecule has 3 N–H and O–H groups in total. The fourth-order valence-corrected chi connectivity index (χ4v) is 20.2.